The Kier molecular flexibility index (Phi) is 7.13. The van der Waals surface area contributed by atoms with Gasteiger partial charge < -0.3 is 26.0 Å². The fourth-order valence-corrected chi connectivity index (χ4v) is 4.34. The van der Waals surface area contributed by atoms with Gasteiger partial charge in [-0.25, -0.2) is 9.97 Å². The van der Waals surface area contributed by atoms with E-state index in [1.807, 2.05) is 19.2 Å². The first-order valence-corrected chi connectivity index (χ1v) is 12.0. The number of hydrogen-bond donors (Lipinski definition) is 3. The van der Waals surface area contributed by atoms with Crippen LogP contribution in [-0.4, -0.2) is 75.3 Å². The number of anilines is 3. The third kappa shape index (κ3) is 5.20. The summed E-state index contributed by atoms with van der Waals surface area (Å²) in [6.45, 7) is 10.3. The van der Waals surface area contributed by atoms with Crippen LogP contribution < -0.4 is 16.0 Å². The van der Waals surface area contributed by atoms with Crippen molar-refractivity contribution in [2.45, 2.75) is 45.6 Å². The molecule has 4 N–H and O–H groups in total. The van der Waals surface area contributed by atoms with E-state index >= 15 is 0 Å². The predicted octanol–water partition coefficient (Wildman–Crippen LogP) is 3.08. The number of hydrogen-bond acceptors (Lipinski definition) is 9. The Morgan fingerprint density at radius 3 is 2.56 bits per heavy atom. The highest BCUT2D eigenvalue weighted by Gasteiger charge is 2.24. The SMILES string of the molecule is CCCC[C@](C)(CO)Nc1nc(N)nc2cc(-c3cnc(N4CCN(C)CC4)cc3C)ncc12. The second-order valence-electron chi connectivity index (χ2n) is 9.61. The summed E-state index contributed by atoms with van der Waals surface area (Å²) in [7, 11) is 2.15. The van der Waals surface area contributed by atoms with E-state index < -0.39 is 5.54 Å². The van der Waals surface area contributed by atoms with E-state index in [0.717, 1.165) is 73.5 Å². The van der Waals surface area contributed by atoms with Crippen LogP contribution in [0, 0.1) is 6.92 Å². The lowest BCUT2D eigenvalue weighted by Gasteiger charge is -2.33. The standard InChI is InChI=1S/C25H36N8O/c1-5-6-7-25(3,16-34)31-23-19-15-27-20(13-21(19)29-24(26)30-23)18-14-28-22(12-17(18)2)33-10-8-32(4)9-11-33/h12-15,34H,5-11,16H2,1-4H3,(H3,26,29,30,31)/t25-/m1/s1. The van der Waals surface area contributed by atoms with Crippen molar-refractivity contribution in [2.75, 3.05) is 55.8 Å². The quantitative estimate of drug-likeness (QED) is 0.462. The summed E-state index contributed by atoms with van der Waals surface area (Å²) in [4.78, 5) is 23.0. The second-order valence-corrected chi connectivity index (χ2v) is 9.61. The molecule has 0 spiro atoms. The van der Waals surface area contributed by atoms with Crippen LogP contribution in [0.15, 0.2) is 24.5 Å². The van der Waals surface area contributed by atoms with Crippen molar-refractivity contribution in [3.8, 4) is 11.3 Å². The summed E-state index contributed by atoms with van der Waals surface area (Å²) < 4.78 is 0. The monoisotopic (exact) mass is 464 g/mol. The number of aliphatic hydroxyl groups excluding tert-OH is 1. The van der Waals surface area contributed by atoms with Gasteiger partial charge in [0, 0.05) is 44.1 Å². The minimum absolute atomic E-state index is 0.00552. The maximum atomic E-state index is 10.0. The molecule has 0 aliphatic carbocycles. The maximum Gasteiger partial charge on any atom is 0.222 e. The number of piperazine rings is 1. The van der Waals surface area contributed by atoms with E-state index in [0.29, 0.717) is 11.3 Å². The molecule has 1 aliphatic heterocycles. The largest absolute Gasteiger partial charge is 0.394 e. The topological polar surface area (TPSA) is 116 Å². The zero-order chi connectivity index (χ0) is 24.3. The van der Waals surface area contributed by atoms with Gasteiger partial charge in [0.2, 0.25) is 5.95 Å². The number of aliphatic hydroxyl groups is 1. The van der Waals surface area contributed by atoms with E-state index in [2.05, 4.69) is 52.0 Å². The van der Waals surface area contributed by atoms with Crippen molar-refractivity contribution in [3.63, 3.8) is 0 Å². The molecule has 182 valence electrons. The van der Waals surface area contributed by atoms with Crippen LogP contribution in [0.1, 0.15) is 38.7 Å². The predicted molar refractivity (Wildman–Crippen MR) is 138 cm³/mol. The Morgan fingerprint density at radius 2 is 1.88 bits per heavy atom. The first kappa shape index (κ1) is 24.1. The molecule has 0 unspecified atom stereocenters. The van der Waals surface area contributed by atoms with Gasteiger partial charge in [0.1, 0.15) is 11.6 Å². The number of fused-ring (bicyclic) bond motifs is 1. The fourth-order valence-electron chi connectivity index (χ4n) is 4.34. The molecule has 1 aliphatic rings. The van der Waals surface area contributed by atoms with Crippen LogP contribution >= 0.6 is 0 Å². The molecule has 9 nitrogen and oxygen atoms in total. The number of pyridine rings is 2. The zero-order valence-electron chi connectivity index (χ0n) is 20.7. The molecule has 0 saturated carbocycles. The molecule has 0 aromatic carbocycles. The number of aromatic nitrogens is 4. The first-order chi connectivity index (χ1) is 16.3. The average molecular weight is 465 g/mol. The molecule has 1 atom stereocenters. The van der Waals surface area contributed by atoms with Gasteiger partial charge in [-0.2, -0.15) is 4.98 Å². The van der Waals surface area contributed by atoms with E-state index in [4.69, 9.17) is 15.7 Å². The Balaban J connectivity index is 1.64. The Labute approximate surface area is 201 Å². The van der Waals surface area contributed by atoms with Crippen molar-refractivity contribution in [2.24, 2.45) is 0 Å². The molecule has 0 amide bonds. The molecule has 34 heavy (non-hydrogen) atoms. The number of nitrogens with zero attached hydrogens (tertiary/aromatic N) is 6. The van der Waals surface area contributed by atoms with Crippen molar-refractivity contribution >= 4 is 28.5 Å². The summed E-state index contributed by atoms with van der Waals surface area (Å²) in [5.41, 5.74) is 9.13. The third-order valence-electron chi connectivity index (χ3n) is 6.65. The Bertz CT molecular complexity index is 1150. The second kappa shape index (κ2) is 10.1. The van der Waals surface area contributed by atoms with Gasteiger partial charge in [0.15, 0.2) is 0 Å². The summed E-state index contributed by atoms with van der Waals surface area (Å²) in [6.07, 6.45) is 6.55. The first-order valence-electron chi connectivity index (χ1n) is 12.0. The van der Waals surface area contributed by atoms with E-state index in [1.165, 1.54) is 0 Å². The molecule has 4 rings (SSSR count). The number of aryl methyl sites for hydroxylation is 1. The minimum Gasteiger partial charge on any atom is -0.394 e. The molecule has 9 heteroatoms. The maximum absolute atomic E-state index is 10.0. The molecular weight excluding hydrogens is 428 g/mol. The fraction of sp³-hybridized carbons (Fsp3) is 0.520. The molecule has 0 bridgehead atoms. The minimum atomic E-state index is -0.498. The van der Waals surface area contributed by atoms with E-state index in [1.54, 1.807) is 6.20 Å². The molecular formula is C25H36N8O. The number of nitrogens with one attached hydrogen (secondary N) is 1. The molecule has 0 radical (unpaired) electrons. The van der Waals surface area contributed by atoms with Gasteiger partial charge in [0.05, 0.1) is 28.7 Å². The lowest BCUT2D eigenvalue weighted by molar-refractivity contribution is 0.212. The van der Waals surface area contributed by atoms with Crippen molar-refractivity contribution in [1.82, 2.24) is 24.8 Å². The molecule has 4 heterocycles. The van der Waals surface area contributed by atoms with Crippen LogP contribution in [0.3, 0.4) is 0 Å². The van der Waals surface area contributed by atoms with Gasteiger partial charge in [-0.1, -0.05) is 19.8 Å². The molecule has 3 aromatic rings. The van der Waals surface area contributed by atoms with Gasteiger partial charge in [-0.3, -0.25) is 4.98 Å². The summed E-state index contributed by atoms with van der Waals surface area (Å²) in [5, 5.41) is 14.2. The van der Waals surface area contributed by atoms with Crippen LogP contribution in [0.25, 0.3) is 22.2 Å². The van der Waals surface area contributed by atoms with Crippen LogP contribution in [0.2, 0.25) is 0 Å². The van der Waals surface area contributed by atoms with Crippen LogP contribution in [0.4, 0.5) is 17.6 Å². The van der Waals surface area contributed by atoms with E-state index in [-0.39, 0.29) is 12.6 Å². The summed E-state index contributed by atoms with van der Waals surface area (Å²) in [6, 6.07) is 4.06. The lowest BCUT2D eigenvalue weighted by Crippen LogP contribution is -2.44. The van der Waals surface area contributed by atoms with Crippen molar-refractivity contribution < 1.29 is 5.11 Å². The summed E-state index contributed by atoms with van der Waals surface area (Å²) >= 11 is 0. The number of unbranched alkanes of at least 4 members (excludes halogenated alkanes) is 1. The van der Waals surface area contributed by atoms with Crippen molar-refractivity contribution in [1.29, 1.82) is 0 Å². The zero-order valence-corrected chi connectivity index (χ0v) is 20.7. The number of nitrogen functional groups attached to an aromatic ring is 1. The van der Waals surface area contributed by atoms with Gasteiger partial charge in [-0.05, 0) is 45.0 Å². The molecule has 1 fully saturated rings. The highest BCUT2D eigenvalue weighted by Crippen LogP contribution is 2.30. The number of likely N-dealkylation sites (N-methyl/N-ethyl adjacent to an activating group) is 1. The average Bonchev–Trinajstić information content (AvgIpc) is 2.82. The number of nitrogens with two attached hydrogens (primary N) is 1. The Hall–Kier alpha value is -3.04. The Morgan fingerprint density at radius 1 is 1.12 bits per heavy atom. The third-order valence-corrected chi connectivity index (χ3v) is 6.65. The smallest absolute Gasteiger partial charge is 0.222 e. The van der Waals surface area contributed by atoms with Gasteiger partial charge >= 0.3 is 0 Å². The summed E-state index contributed by atoms with van der Waals surface area (Å²) in [5.74, 6) is 1.78. The highest BCUT2D eigenvalue weighted by molar-refractivity contribution is 5.91. The van der Waals surface area contributed by atoms with E-state index in [9.17, 15) is 5.11 Å². The lowest BCUT2D eigenvalue weighted by atomic mass is 9.95. The molecule has 1 saturated heterocycles. The molecule has 3 aromatic heterocycles. The van der Waals surface area contributed by atoms with Gasteiger partial charge in [0.25, 0.3) is 0 Å². The van der Waals surface area contributed by atoms with Crippen molar-refractivity contribution in [3.05, 3.63) is 30.1 Å². The van der Waals surface area contributed by atoms with Crippen LogP contribution in [-0.2, 0) is 0 Å². The number of rotatable bonds is 8. The van der Waals surface area contributed by atoms with Crippen LogP contribution in [0.5, 0.6) is 0 Å². The normalized spacial score (nSPS) is 16.6. The highest BCUT2D eigenvalue weighted by atomic mass is 16.3. The van der Waals surface area contributed by atoms with Gasteiger partial charge in [-0.15, -0.1) is 0 Å².